The van der Waals surface area contributed by atoms with Crippen LogP contribution in [0.2, 0.25) is 0 Å². The number of alkyl halides is 4. The topological polar surface area (TPSA) is 0 Å². The van der Waals surface area contributed by atoms with Crippen molar-refractivity contribution in [2.24, 2.45) is 0 Å². The number of allylic oxidation sites excluding steroid dienone is 2. The van der Waals surface area contributed by atoms with Gasteiger partial charge in [-0.25, -0.2) is 4.39 Å². The summed E-state index contributed by atoms with van der Waals surface area (Å²) < 4.78 is 35.4. The Bertz CT molecular complexity index is 122. The molecule has 0 unspecified atom stereocenters. The molecular weight excluding hydrogens is 140 g/mol. The second-order valence-electron chi connectivity index (χ2n) is 1.58. The molecule has 0 bridgehead atoms. The predicted molar refractivity (Wildman–Crippen MR) is 23.8 cm³/mol. The van der Waals surface area contributed by atoms with Gasteiger partial charge in [0, 0.05) is 0 Å². The number of rotatable bonds is 0. The van der Waals surface area contributed by atoms with E-state index >= 15 is 0 Å². The first kappa shape index (κ1) is 5.95. The molecule has 0 heterocycles. The Morgan fingerprint density at radius 1 is 1.12 bits per heavy atom. The zero-order chi connectivity index (χ0) is 6.41. The lowest BCUT2D eigenvalue weighted by Gasteiger charge is -2.29. The lowest BCUT2D eigenvalue weighted by Crippen LogP contribution is -2.42. The molecule has 0 saturated heterocycles. The highest BCUT2D eigenvalue weighted by Crippen LogP contribution is 2.45. The van der Waals surface area contributed by atoms with Crippen molar-refractivity contribution in [3.8, 4) is 0 Å². The Labute approximate surface area is 48.9 Å². The van der Waals surface area contributed by atoms with Crippen LogP contribution in [0.25, 0.3) is 0 Å². The highest BCUT2D eigenvalue weighted by atomic mass is 35.5. The van der Waals surface area contributed by atoms with Gasteiger partial charge < -0.3 is 0 Å². The normalized spacial score (nSPS) is 41.5. The monoisotopic (exact) mass is 142 g/mol. The molecule has 0 spiro atoms. The van der Waals surface area contributed by atoms with Crippen molar-refractivity contribution in [2.45, 2.75) is 11.1 Å². The van der Waals surface area contributed by atoms with Gasteiger partial charge in [-0.3, -0.25) is 0 Å². The summed E-state index contributed by atoms with van der Waals surface area (Å²) in [5, 5.41) is -2.92. The van der Waals surface area contributed by atoms with Gasteiger partial charge in [-0.15, -0.1) is 0 Å². The molecule has 0 nitrogen and oxygen atoms in total. The van der Waals surface area contributed by atoms with Gasteiger partial charge in [0.1, 0.15) is 0 Å². The molecule has 0 fully saturated rings. The van der Waals surface area contributed by atoms with Crippen LogP contribution in [0.1, 0.15) is 0 Å². The van der Waals surface area contributed by atoms with Crippen LogP contribution >= 0.6 is 11.6 Å². The quantitative estimate of drug-likeness (QED) is 0.359. The molecule has 1 aliphatic rings. The molecule has 46 valence electrons. The summed E-state index contributed by atoms with van der Waals surface area (Å²) in [5.74, 6) is -3.46. The van der Waals surface area contributed by atoms with Gasteiger partial charge in [-0.05, 0) is 12.2 Å². The summed E-state index contributed by atoms with van der Waals surface area (Å²) in [5.41, 5.74) is 0. The molecule has 0 aromatic rings. The summed E-state index contributed by atoms with van der Waals surface area (Å²) in [6, 6.07) is 0. The molecule has 0 amide bonds. The summed E-state index contributed by atoms with van der Waals surface area (Å²) >= 11 is 4.59. The lowest BCUT2D eigenvalue weighted by molar-refractivity contribution is -0.0508. The smallest absolute Gasteiger partial charge is 0.214 e. The molecule has 0 aromatic heterocycles. The molecule has 0 aliphatic heterocycles. The van der Waals surface area contributed by atoms with Gasteiger partial charge in [0.2, 0.25) is 0 Å². The van der Waals surface area contributed by atoms with E-state index in [9.17, 15) is 13.2 Å². The van der Waals surface area contributed by atoms with E-state index in [1.807, 2.05) is 0 Å². The van der Waals surface area contributed by atoms with Crippen molar-refractivity contribution in [1.82, 2.24) is 0 Å². The van der Waals surface area contributed by atoms with Crippen molar-refractivity contribution in [3.63, 3.8) is 0 Å². The number of halogens is 4. The zero-order valence-electron chi connectivity index (χ0n) is 3.67. The van der Waals surface area contributed by atoms with E-state index in [-0.39, 0.29) is 0 Å². The number of hydrogen-bond donors (Lipinski definition) is 0. The number of hydrogen-bond acceptors (Lipinski definition) is 0. The average Bonchev–Trinajstić information content (AvgIpc) is 1.64. The van der Waals surface area contributed by atoms with E-state index in [4.69, 9.17) is 0 Å². The molecule has 1 aliphatic carbocycles. The van der Waals surface area contributed by atoms with Gasteiger partial charge >= 0.3 is 5.92 Å². The lowest BCUT2D eigenvalue weighted by atomic mass is 10.0. The highest BCUT2D eigenvalue weighted by molar-refractivity contribution is 6.25. The van der Waals surface area contributed by atoms with Crippen molar-refractivity contribution >= 4 is 11.6 Å². The second-order valence-corrected chi connectivity index (χ2v) is 2.13. The molecule has 0 saturated carbocycles. The third kappa shape index (κ3) is 0.540. The summed E-state index contributed by atoms with van der Waals surface area (Å²) in [7, 11) is 0. The predicted octanol–water partition coefficient (Wildman–Crippen LogP) is 2.10. The molecule has 0 radical (unpaired) electrons. The minimum absolute atomic E-state index is 0.431. The largest absolute Gasteiger partial charge is 0.317 e. The molecule has 1 rings (SSSR count). The van der Waals surface area contributed by atoms with Crippen molar-refractivity contribution < 1.29 is 13.2 Å². The summed E-state index contributed by atoms with van der Waals surface area (Å²) in [4.78, 5) is 0. The van der Waals surface area contributed by atoms with E-state index < -0.39 is 11.1 Å². The minimum atomic E-state index is -3.46. The van der Waals surface area contributed by atoms with E-state index in [0.717, 1.165) is 0 Å². The van der Waals surface area contributed by atoms with Crippen LogP contribution in [0.5, 0.6) is 0 Å². The maximum Gasteiger partial charge on any atom is 0.317 e. The van der Waals surface area contributed by atoms with Gasteiger partial charge in [0.15, 0.2) is 0 Å². The second kappa shape index (κ2) is 1.21. The maximum atomic E-state index is 11.9. The third-order valence-electron chi connectivity index (χ3n) is 0.946. The van der Waals surface area contributed by atoms with E-state index in [0.29, 0.717) is 12.2 Å². The van der Waals surface area contributed by atoms with Crippen LogP contribution in [0, 0.1) is 0 Å². The molecule has 8 heavy (non-hydrogen) atoms. The Kier molecular flexibility index (Phi) is 0.899. The fraction of sp³-hybridized carbons (Fsp3) is 0.500. The van der Waals surface area contributed by atoms with Crippen LogP contribution in [0.15, 0.2) is 12.2 Å². The Morgan fingerprint density at radius 3 is 1.50 bits per heavy atom. The zero-order valence-corrected chi connectivity index (χ0v) is 4.42. The summed E-state index contributed by atoms with van der Waals surface area (Å²) in [6.45, 7) is 0. The van der Waals surface area contributed by atoms with Crippen molar-refractivity contribution in [1.29, 1.82) is 0 Å². The molecule has 0 aromatic carbocycles. The highest BCUT2D eigenvalue weighted by Gasteiger charge is 2.56. The first-order chi connectivity index (χ1) is 3.46. The molecule has 0 N–H and O–H groups in total. The Morgan fingerprint density at radius 2 is 1.50 bits per heavy atom. The van der Waals surface area contributed by atoms with Crippen molar-refractivity contribution in [2.75, 3.05) is 0 Å². The third-order valence-corrected chi connectivity index (χ3v) is 1.32. The van der Waals surface area contributed by atoms with Crippen LogP contribution in [0.3, 0.4) is 0 Å². The van der Waals surface area contributed by atoms with E-state index in [1.54, 1.807) is 0 Å². The van der Waals surface area contributed by atoms with Gasteiger partial charge in [0.05, 0.1) is 0 Å². The van der Waals surface area contributed by atoms with Crippen LogP contribution in [0.4, 0.5) is 13.2 Å². The fourth-order valence-electron chi connectivity index (χ4n) is 0.335. The summed E-state index contributed by atoms with van der Waals surface area (Å²) in [6.07, 6.45) is 1.05. The van der Waals surface area contributed by atoms with E-state index in [2.05, 4.69) is 11.6 Å². The van der Waals surface area contributed by atoms with Crippen LogP contribution in [-0.2, 0) is 0 Å². The maximum absolute atomic E-state index is 11.9. The van der Waals surface area contributed by atoms with Crippen molar-refractivity contribution in [3.05, 3.63) is 12.2 Å². The van der Waals surface area contributed by atoms with Gasteiger partial charge in [0.25, 0.3) is 5.13 Å². The van der Waals surface area contributed by atoms with Crippen LogP contribution < -0.4 is 0 Å². The molecule has 4 heteroatoms. The average molecular weight is 143 g/mol. The SMILES string of the molecule is FC1(F)C=C[C@@]1(F)Cl. The standard InChI is InChI=1S/C4H2ClF3/c5-3(6)1-2-4(3,7)8/h1-2H/t3-/m0/s1. The van der Waals surface area contributed by atoms with Gasteiger partial charge in [-0.2, -0.15) is 8.78 Å². The molecule has 1 atom stereocenters. The van der Waals surface area contributed by atoms with Gasteiger partial charge in [-0.1, -0.05) is 11.6 Å². The molecular formula is C4H2ClF3. The fourth-order valence-corrected chi connectivity index (χ4v) is 0.461. The van der Waals surface area contributed by atoms with Crippen LogP contribution in [-0.4, -0.2) is 11.1 Å². The first-order valence-corrected chi connectivity index (χ1v) is 2.29. The Balaban J connectivity index is 2.82. The van der Waals surface area contributed by atoms with E-state index in [1.165, 1.54) is 0 Å². The minimum Gasteiger partial charge on any atom is -0.214 e. The first-order valence-electron chi connectivity index (χ1n) is 1.92. The Hall–Kier alpha value is -0.180.